The van der Waals surface area contributed by atoms with Gasteiger partial charge >= 0.3 is 0 Å². The van der Waals surface area contributed by atoms with Gasteiger partial charge < -0.3 is 9.47 Å². The molecule has 5 rings (SSSR count). The van der Waals surface area contributed by atoms with Crippen LogP contribution in [0, 0.1) is 0 Å². The molecule has 7 nitrogen and oxygen atoms in total. The fourth-order valence-electron chi connectivity index (χ4n) is 4.39. The average Bonchev–Trinajstić information content (AvgIpc) is 3.16. The van der Waals surface area contributed by atoms with Gasteiger partial charge in [-0.3, -0.25) is 14.7 Å². The van der Waals surface area contributed by atoms with E-state index in [1.54, 1.807) is 6.20 Å². The highest BCUT2D eigenvalue weighted by Gasteiger charge is 2.30. The van der Waals surface area contributed by atoms with E-state index < -0.39 is 0 Å². The molecule has 2 aromatic heterocycles. The van der Waals surface area contributed by atoms with Crippen LogP contribution in [0.4, 0.5) is 0 Å². The molecule has 1 fully saturated rings. The Balaban J connectivity index is 1.32. The van der Waals surface area contributed by atoms with Crippen LogP contribution in [0.5, 0.6) is 0 Å². The summed E-state index contributed by atoms with van der Waals surface area (Å²) in [6, 6.07) is 9.71. The second-order valence-electron chi connectivity index (χ2n) is 7.81. The van der Waals surface area contributed by atoms with Crippen molar-refractivity contribution in [1.29, 1.82) is 0 Å². The van der Waals surface area contributed by atoms with Gasteiger partial charge in [-0.25, -0.2) is 0 Å². The van der Waals surface area contributed by atoms with Crippen molar-refractivity contribution >= 4 is 16.8 Å². The number of piperidine rings is 1. The number of pyridine rings is 1. The van der Waals surface area contributed by atoms with Gasteiger partial charge in [0.05, 0.1) is 17.6 Å². The maximum atomic E-state index is 13.1. The highest BCUT2D eigenvalue weighted by molar-refractivity contribution is 6.05. The Morgan fingerprint density at radius 3 is 2.71 bits per heavy atom. The van der Waals surface area contributed by atoms with Crippen LogP contribution in [-0.2, 0) is 13.1 Å². The third-order valence-corrected chi connectivity index (χ3v) is 5.98. The standard InChI is InChI=1S/C21H24N6O/c1-25-12-13-27-18(14-25)23-24-20(27)16-7-10-26(11-8-16)21(28)17-6-2-4-15-5-3-9-22-19(15)17/h2-6,9,16H,7-8,10-14H2,1H3. The molecule has 1 saturated heterocycles. The number of hydrogen-bond acceptors (Lipinski definition) is 5. The molecule has 28 heavy (non-hydrogen) atoms. The van der Waals surface area contributed by atoms with Crippen molar-refractivity contribution < 1.29 is 4.79 Å². The summed E-state index contributed by atoms with van der Waals surface area (Å²) in [5.41, 5.74) is 1.48. The minimum atomic E-state index is 0.0765. The Morgan fingerprint density at radius 2 is 1.86 bits per heavy atom. The smallest absolute Gasteiger partial charge is 0.256 e. The van der Waals surface area contributed by atoms with Gasteiger partial charge in [0.1, 0.15) is 11.6 Å². The molecule has 1 aromatic carbocycles. The minimum Gasteiger partial charge on any atom is -0.339 e. The maximum Gasteiger partial charge on any atom is 0.256 e. The Hall–Kier alpha value is -2.80. The highest BCUT2D eigenvalue weighted by Crippen LogP contribution is 2.29. The van der Waals surface area contributed by atoms with E-state index in [0.29, 0.717) is 11.5 Å². The molecule has 0 unspecified atom stereocenters. The van der Waals surface area contributed by atoms with E-state index in [1.807, 2.05) is 35.2 Å². The molecule has 0 atom stereocenters. The first kappa shape index (κ1) is 17.3. The molecule has 1 amide bonds. The number of carbonyl (C=O) groups excluding carboxylic acids is 1. The Morgan fingerprint density at radius 1 is 1.04 bits per heavy atom. The molecule has 144 valence electrons. The van der Waals surface area contributed by atoms with Gasteiger partial charge in [-0.1, -0.05) is 18.2 Å². The first-order valence-electron chi connectivity index (χ1n) is 9.94. The number of fused-ring (bicyclic) bond motifs is 2. The topological polar surface area (TPSA) is 67.2 Å². The SMILES string of the molecule is CN1CCn2c(nnc2C2CCN(C(=O)c3cccc4cccnc34)CC2)C1. The van der Waals surface area contributed by atoms with Crippen LogP contribution in [0.15, 0.2) is 36.5 Å². The average molecular weight is 376 g/mol. The first-order valence-corrected chi connectivity index (χ1v) is 9.94. The summed E-state index contributed by atoms with van der Waals surface area (Å²) >= 11 is 0. The molecular weight excluding hydrogens is 352 g/mol. The van der Waals surface area contributed by atoms with Gasteiger partial charge in [0.2, 0.25) is 0 Å². The molecule has 0 spiro atoms. The van der Waals surface area contributed by atoms with Crippen LogP contribution in [0.2, 0.25) is 0 Å². The zero-order valence-electron chi connectivity index (χ0n) is 16.1. The number of hydrogen-bond donors (Lipinski definition) is 0. The van der Waals surface area contributed by atoms with Crippen molar-refractivity contribution in [3.63, 3.8) is 0 Å². The van der Waals surface area contributed by atoms with Gasteiger partial charge in [-0.05, 0) is 32.0 Å². The zero-order chi connectivity index (χ0) is 19.1. The maximum absolute atomic E-state index is 13.1. The number of benzene rings is 1. The van der Waals surface area contributed by atoms with Crippen LogP contribution >= 0.6 is 0 Å². The Kier molecular flexibility index (Phi) is 4.31. The fourth-order valence-corrected chi connectivity index (χ4v) is 4.39. The minimum absolute atomic E-state index is 0.0765. The van der Waals surface area contributed by atoms with Crippen LogP contribution in [-0.4, -0.2) is 62.1 Å². The zero-order valence-corrected chi connectivity index (χ0v) is 16.1. The van der Waals surface area contributed by atoms with Gasteiger partial charge in [0.15, 0.2) is 0 Å². The van der Waals surface area contributed by atoms with Crippen molar-refractivity contribution in [2.45, 2.75) is 31.8 Å². The summed E-state index contributed by atoms with van der Waals surface area (Å²) in [5, 5.41) is 9.90. The lowest BCUT2D eigenvalue weighted by atomic mass is 9.95. The molecule has 2 aliphatic rings. The van der Waals surface area contributed by atoms with Crippen LogP contribution in [0.3, 0.4) is 0 Å². The molecule has 2 aliphatic heterocycles. The van der Waals surface area contributed by atoms with E-state index >= 15 is 0 Å². The molecule has 0 aliphatic carbocycles. The van der Waals surface area contributed by atoms with Crippen molar-refractivity contribution in [2.24, 2.45) is 0 Å². The second kappa shape index (κ2) is 6.98. The van der Waals surface area contributed by atoms with E-state index in [4.69, 9.17) is 0 Å². The highest BCUT2D eigenvalue weighted by atomic mass is 16.2. The molecule has 0 N–H and O–H groups in total. The van der Waals surface area contributed by atoms with E-state index in [2.05, 4.69) is 31.7 Å². The molecule has 3 aromatic rings. The van der Waals surface area contributed by atoms with E-state index in [9.17, 15) is 4.79 Å². The Labute approximate surface area is 164 Å². The van der Waals surface area contributed by atoms with Gasteiger partial charge in [0.25, 0.3) is 5.91 Å². The third kappa shape index (κ3) is 2.96. The molecule has 0 radical (unpaired) electrons. The van der Waals surface area contributed by atoms with E-state index in [0.717, 1.165) is 68.1 Å². The number of carbonyl (C=O) groups is 1. The number of nitrogens with zero attached hydrogens (tertiary/aromatic N) is 6. The quantitative estimate of drug-likeness (QED) is 0.687. The van der Waals surface area contributed by atoms with Crippen molar-refractivity contribution in [2.75, 3.05) is 26.7 Å². The van der Waals surface area contributed by atoms with Crippen molar-refractivity contribution in [1.82, 2.24) is 29.5 Å². The van der Waals surface area contributed by atoms with Crippen molar-refractivity contribution in [3.8, 4) is 0 Å². The van der Waals surface area contributed by atoms with Crippen LogP contribution in [0.25, 0.3) is 10.9 Å². The number of aromatic nitrogens is 4. The number of rotatable bonds is 2. The molecule has 0 saturated carbocycles. The third-order valence-electron chi connectivity index (χ3n) is 5.98. The van der Waals surface area contributed by atoms with E-state index in [1.165, 1.54) is 0 Å². The van der Waals surface area contributed by atoms with Gasteiger partial charge in [0, 0.05) is 43.7 Å². The summed E-state index contributed by atoms with van der Waals surface area (Å²) in [7, 11) is 2.12. The summed E-state index contributed by atoms with van der Waals surface area (Å²) in [5.74, 6) is 2.61. The van der Waals surface area contributed by atoms with Crippen LogP contribution in [0.1, 0.15) is 40.8 Å². The summed E-state index contributed by atoms with van der Waals surface area (Å²) in [6.45, 7) is 4.33. The van der Waals surface area contributed by atoms with Crippen molar-refractivity contribution in [3.05, 3.63) is 53.7 Å². The lowest BCUT2D eigenvalue weighted by Crippen LogP contribution is -2.39. The predicted octanol–water partition coefficient (Wildman–Crippen LogP) is 2.29. The lowest BCUT2D eigenvalue weighted by Gasteiger charge is -2.32. The molecule has 4 heterocycles. The normalized spacial score (nSPS) is 18.4. The summed E-state index contributed by atoms with van der Waals surface area (Å²) in [4.78, 5) is 21.8. The predicted molar refractivity (Wildman–Crippen MR) is 106 cm³/mol. The summed E-state index contributed by atoms with van der Waals surface area (Å²) < 4.78 is 2.29. The van der Waals surface area contributed by atoms with Crippen LogP contribution < -0.4 is 0 Å². The Bertz CT molecular complexity index is 1020. The van der Waals surface area contributed by atoms with E-state index in [-0.39, 0.29) is 5.91 Å². The fraction of sp³-hybridized carbons (Fsp3) is 0.429. The number of likely N-dealkylation sites (tertiary alicyclic amines) is 1. The molecular formula is C21H24N6O. The number of para-hydroxylation sites is 1. The lowest BCUT2D eigenvalue weighted by molar-refractivity contribution is 0.0711. The van der Waals surface area contributed by atoms with Gasteiger partial charge in [-0.2, -0.15) is 0 Å². The number of likely N-dealkylation sites (N-methyl/N-ethyl adjacent to an activating group) is 1. The molecule has 0 bridgehead atoms. The number of amides is 1. The largest absolute Gasteiger partial charge is 0.339 e. The molecule has 7 heteroatoms. The monoisotopic (exact) mass is 376 g/mol. The second-order valence-corrected chi connectivity index (χ2v) is 7.81. The van der Waals surface area contributed by atoms with Gasteiger partial charge in [-0.15, -0.1) is 10.2 Å². The summed E-state index contributed by atoms with van der Waals surface area (Å²) in [6.07, 6.45) is 3.60. The first-order chi connectivity index (χ1) is 13.7.